The van der Waals surface area contributed by atoms with E-state index in [4.69, 9.17) is 25.8 Å². The van der Waals surface area contributed by atoms with Gasteiger partial charge in [-0.05, 0) is 24.3 Å². The van der Waals surface area contributed by atoms with Crippen molar-refractivity contribution in [1.82, 2.24) is 0 Å². The van der Waals surface area contributed by atoms with Gasteiger partial charge in [-0.1, -0.05) is 11.6 Å². The number of benzene rings is 2. The first-order chi connectivity index (χ1) is 12.0. The minimum absolute atomic E-state index is 0.0701. The molecule has 0 atom stereocenters. The fourth-order valence-electron chi connectivity index (χ4n) is 2.28. The van der Waals surface area contributed by atoms with Gasteiger partial charge in [0.05, 0.1) is 23.2 Å². The normalized spacial score (nSPS) is 13.0. The Hall–Kier alpha value is -2.80. The summed E-state index contributed by atoms with van der Waals surface area (Å²) < 4.78 is 16.5. The van der Waals surface area contributed by atoms with Crippen molar-refractivity contribution in [1.29, 1.82) is 0 Å². The van der Waals surface area contributed by atoms with E-state index in [0.717, 1.165) is 6.42 Å². The average molecular weight is 364 g/mol. The number of hydrogen-bond donors (Lipinski definition) is 0. The maximum atomic E-state index is 12.3. The largest absolute Gasteiger partial charge is 0.490 e. The van der Waals surface area contributed by atoms with Crippen LogP contribution in [0.15, 0.2) is 36.4 Å². The number of nitro benzene ring substituents is 1. The zero-order valence-electron chi connectivity index (χ0n) is 13.1. The Morgan fingerprint density at radius 1 is 1.16 bits per heavy atom. The topological polar surface area (TPSA) is 87.9 Å². The Morgan fingerprint density at radius 2 is 1.92 bits per heavy atom. The maximum absolute atomic E-state index is 12.3. The first kappa shape index (κ1) is 17.0. The second-order valence-electron chi connectivity index (χ2n) is 5.30. The fourth-order valence-corrected chi connectivity index (χ4v) is 2.51. The predicted molar refractivity (Wildman–Crippen MR) is 90.0 cm³/mol. The smallest absolute Gasteiger partial charge is 0.271 e. The summed E-state index contributed by atoms with van der Waals surface area (Å²) in [6.45, 7) is 0.846. The Kier molecular flexibility index (Phi) is 5.04. The Balaban J connectivity index is 1.69. The molecule has 2 aromatic carbocycles. The lowest BCUT2D eigenvalue weighted by Gasteiger charge is -2.10. The van der Waals surface area contributed by atoms with Crippen molar-refractivity contribution >= 4 is 23.1 Å². The lowest BCUT2D eigenvalue weighted by molar-refractivity contribution is -0.384. The Morgan fingerprint density at radius 3 is 2.64 bits per heavy atom. The molecule has 1 aliphatic heterocycles. The van der Waals surface area contributed by atoms with Gasteiger partial charge in [-0.15, -0.1) is 0 Å². The molecule has 1 aliphatic rings. The third-order valence-electron chi connectivity index (χ3n) is 3.55. The van der Waals surface area contributed by atoms with Gasteiger partial charge in [0.25, 0.3) is 5.69 Å². The van der Waals surface area contributed by atoms with E-state index in [1.54, 1.807) is 18.2 Å². The standard InChI is InChI=1S/C17H14ClNO6/c18-13-9-12(19(21)22)3-5-15(13)25-10-14(20)11-2-4-16-17(8-11)24-7-1-6-23-16/h2-5,8-9H,1,6-7,10H2. The highest BCUT2D eigenvalue weighted by molar-refractivity contribution is 6.32. The first-order valence-electron chi connectivity index (χ1n) is 7.54. The lowest BCUT2D eigenvalue weighted by Crippen LogP contribution is -2.12. The van der Waals surface area contributed by atoms with E-state index in [1.165, 1.54) is 18.2 Å². The molecule has 130 valence electrons. The highest BCUT2D eigenvalue weighted by Crippen LogP contribution is 2.31. The number of ketones is 1. The highest BCUT2D eigenvalue weighted by atomic mass is 35.5. The van der Waals surface area contributed by atoms with Crippen molar-refractivity contribution in [3.63, 3.8) is 0 Å². The van der Waals surface area contributed by atoms with Crippen LogP contribution in [0.5, 0.6) is 17.2 Å². The van der Waals surface area contributed by atoms with Crippen LogP contribution in [0.2, 0.25) is 5.02 Å². The third kappa shape index (κ3) is 4.00. The molecule has 0 aliphatic carbocycles. The number of carbonyl (C=O) groups excluding carboxylic acids is 1. The van der Waals surface area contributed by atoms with Crippen LogP contribution in [-0.2, 0) is 0 Å². The van der Waals surface area contributed by atoms with Crippen LogP contribution in [0.25, 0.3) is 0 Å². The molecule has 8 heteroatoms. The SMILES string of the molecule is O=C(COc1ccc([N+](=O)[O-])cc1Cl)c1ccc2c(c1)OCCCO2. The number of carbonyl (C=O) groups is 1. The highest BCUT2D eigenvalue weighted by Gasteiger charge is 2.16. The van der Waals surface area contributed by atoms with Crippen molar-refractivity contribution in [2.75, 3.05) is 19.8 Å². The Labute approximate surface area is 148 Å². The molecule has 25 heavy (non-hydrogen) atoms. The van der Waals surface area contributed by atoms with Gasteiger partial charge in [-0.25, -0.2) is 0 Å². The van der Waals surface area contributed by atoms with Gasteiger partial charge < -0.3 is 14.2 Å². The van der Waals surface area contributed by atoms with Crippen molar-refractivity contribution in [2.24, 2.45) is 0 Å². The van der Waals surface area contributed by atoms with Crippen LogP contribution in [0.4, 0.5) is 5.69 Å². The summed E-state index contributed by atoms with van der Waals surface area (Å²) in [7, 11) is 0. The summed E-state index contributed by atoms with van der Waals surface area (Å²) in [6.07, 6.45) is 0.777. The molecule has 0 amide bonds. The maximum Gasteiger partial charge on any atom is 0.271 e. The van der Waals surface area contributed by atoms with Gasteiger partial charge in [-0.2, -0.15) is 0 Å². The molecule has 0 saturated carbocycles. The van der Waals surface area contributed by atoms with E-state index in [-0.39, 0.29) is 28.8 Å². The number of nitrogens with zero attached hydrogens (tertiary/aromatic N) is 1. The van der Waals surface area contributed by atoms with Crippen molar-refractivity contribution in [3.8, 4) is 17.2 Å². The molecule has 0 N–H and O–H groups in total. The number of rotatable bonds is 5. The quantitative estimate of drug-likeness (QED) is 0.457. The van der Waals surface area contributed by atoms with E-state index in [1.807, 2.05) is 0 Å². The molecule has 0 unspecified atom stereocenters. The second kappa shape index (κ2) is 7.40. The number of hydrogen-bond acceptors (Lipinski definition) is 6. The number of fused-ring (bicyclic) bond motifs is 1. The van der Waals surface area contributed by atoms with Crippen LogP contribution in [0, 0.1) is 10.1 Å². The molecule has 1 heterocycles. The molecule has 2 aromatic rings. The number of Topliss-reactive ketones (excluding diaryl/α,β-unsaturated/α-hetero) is 1. The predicted octanol–water partition coefficient (Wildman–Crippen LogP) is 3.67. The number of non-ortho nitro benzene ring substituents is 1. The second-order valence-corrected chi connectivity index (χ2v) is 5.70. The summed E-state index contributed by atoms with van der Waals surface area (Å²) >= 11 is 5.94. The number of ether oxygens (including phenoxy) is 3. The van der Waals surface area contributed by atoms with E-state index in [0.29, 0.717) is 30.3 Å². The van der Waals surface area contributed by atoms with Gasteiger partial charge in [0.2, 0.25) is 0 Å². The van der Waals surface area contributed by atoms with Crippen LogP contribution < -0.4 is 14.2 Å². The van der Waals surface area contributed by atoms with Gasteiger partial charge in [0.1, 0.15) is 5.75 Å². The van der Waals surface area contributed by atoms with Crippen molar-refractivity contribution in [2.45, 2.75) is 6.42 Å². The van der Waals surface area contributed by atoms with Gasteiger partial charge in [0.15, 0.2) is 23.9 Å². The van der Waals surface area contributed by atoms with Crippen molar-refractivity contribution < 1.29 is 23.9 Å². The lowest BCUT2D eigenvalue weighted by atomic mass is 10.1. The van der Waals surface area contributed by atoms with Crippen LogP contribution in [0.1, 0.15) is 16.8 Å². The molecule has 0 radical (unpaired) electrons. The minimum Gasteiger partial charge on any atom is -0.490 e. The fraction of sp³-hybridized carbons (Fsp3) is 0.235. The van der Waals surface area contributed by atoms with Crippen LogP contribution in [0.3, 0.4) is 0 Å². The molecular weight excluding hydrogens is 350 g/mol. The summed E-state index contributed by atoms with van der Waals surface area (Å²) in [4.78, 5) is 22.4. The van der Waals surface area contributed by atoms with Gasteiger partial charge >= 0.3 is 0 Å². The van der Waals surface area contributed by atoms with Gasteiger partial charge in [0, 0.05) is 24.1 Å². The molecule has 0 fully saturated rings. The van der Waals surface area contributed by atoms with Crippen LogP contribution in [-0.4, -0.2) is 30.5 Å². The summed E-state index contributed by atoms with van der Waals surface area (Å²) in [5, 5.41) is 10.8. The first-order valence-corrected chi connectivity index (χ1v) is 7.92. The molecule has 0 spiro atoms. The summed E-state index contributed by atoms with van der Waals surface area (Å²) in [5.74, 6) is 1.06. The zero-order chi connectivity index (χ0) is 17.8. The average Bonchev–Trinajstić information content (AvgIpc) is 2.84. The monoisotopic (exact) mass is 363 g/mol. The minimum atomic E-state index is -0.557. The van der Waals surface area contributed by atoms with Crippen LogP contribution >= 0.6 is 11.6 Å². The molecular formula is C17H14ClNO6. The number of halogens is 1. The van der Waals surface area contributed by atoms with Gasteiger partial charge in [-0.3, -0.25) is 14.9 Å². The Bertz CT molecular complexity index is 823. The molecule has 3 rings (SSSR count). The number of nitro groups is 1. The van der Waals surface area contributed by atoms with E-state index < -0.39 is 4.92 Å². The molecule has 0 bridgehead atoms. The molecule has 0 saturated heterocycles. The van der Waals surface area contributed by atoms with Crippen molar-refractivity contribution in [3.05, 3.63) is 57.1 Å². The third-order valence-corrected chi connectivity index (χ3v) is 3.85. The molecule has 7 nitrogen and oxygen atoms in total. The zero-order valence-corrected chi connectivity index (χ0v) is 13.8. The van der Waals surface area contributed by atoms with E-state index in [9.17, 15) is 14.9 Å². The summed E-state index contributed by atoms with van der Waals surface area (Å²) in [5.41, 5.74) is 0.272. The summed E-state index contributed by atoms with van der Waals surface area (Å²) in [6, 6.07) is 8.74. The van der Waals surface area contributed by atoms with E-state index in [2.05, 4.69) is 0 Å². The molecule has 0 aromatic heterocycles. The van der Waals surface area contributed by atoms with E-state index >= 15 is 0 Å².